The smallest absolute Gasteiger partial charge is 0.241 e. The van der Waals surface area contributed by atoms with Gasteiger partial charge >= 0.3 is 0 Å². The van der Waals surface area contributed by atoms with Crippen molar-refractivity contribution in [3.8, 4) is 0 Å². The summed E-state index contributed by atoms with van der Waals surface area (Å²) in [6.07, 6.45) is 0. The molecule has 20 heavy (non-hydrogen) atoms. The highest BCUT2D eigenvalue weighted by Gasteiger charge is 2.26. The minimum Gasteiger partial charge on any atom is -0.383 e. The predicted molar refractivity (Wildman–Crippen MR) is 74.1 cm³/mol. The number of primary sulfonamides is 1. The Morgan fingerprint density at radius 2 is 1.75 bits per heavy atom. The van der Waals surface area contributed by atoms with Gasteiger partial charge in [0.15, 0.2) is 0 Å². The van der Waals surface area contributed by atoms with Crippen molar-refractivity contribution in [3.63, 3.8) is 0 Å². The van der Waals surface area contributed by atoms with Crippen LogP contribution < -0.4 is 9.86 Å². The molecule has 0 aromatic heterocycles. The standard InChI is InChI=1S/C11H18N2O5S2/c1-11(2,8-18-3)13-20(16,17)10-6-4-5-9(7-10)19(12,14)15/h4-7,13H,8H2,1-3H3,(H2,12,14,15). The molecule has 0 aliphatic rings. The van der Waals surface area contributed by atoms with Gasteiger partial charge in [-0.2, -0.15) is 0 Å². The lowest BCUT2D eigenvalue weighted by Crippen LogP contribution is -2.46. The van der Waals surface area contributed by atoms with Crippen molar-refractivity contribution in [2.24, 2.45) is 5.14 Å². The molecule has 0 heterocycles. The summed E-state index contributed by atoms with van der Waals surface area (Å²) in [7, 11) is -6.37. The molecule has 1 aromatic carbocycles. The highest BCUT2D eigenvalue weighted by atomic mass is 32.2. The first-order valence-corrected chi connectivity index (χ1v) is 8.67. The van der Waals surface area contributed by atoms with Gasteiger partial charge in [0, 0.05) is 7.11 Å². The van der Waals surface area contributed by atoms with Crippen molar-refractivity contribution in [1.29, 1.82) is 0 Å². The van der Waals surface area contributed by atoms with Gasteiger partial charge in [0.1, 0.15) is 0 Å². The minimum absolute atomic E-state index is 0.168. The molecule has 9 heteroatoms. The van der Waals surface area contributed by atoms with Crippen molar-refractivity contribution in [1.82, 2.24) is 4.72 Å². The van der Waals surface area contributed by atoms with Gasteiger partial charge in [-0.15, -0.1) is 0 Å². The van der Waals surface area contributed by atoms with E-state index in [2.05, 4.69) is 4.72 Å². The fraction of sp³-hybridized carbons (Fsp3) is 0.455. The number of benzene rings is 1. The van der Waals surface area contributed by atoms with Gasteiger partial charge in [-0.05, 0) is 32.0 Å². The Kier molecular flexibility index (Phi) is 4.93. The monoisotopic (exact) mass is 322 g/mol. The topological polar surface area (TPSA) is 116 Å². The maximum absolute atomic E-state index is 12.2. The summed E-state index contributed by atoms with van der Waals surface area (Å²) < 4.78 is 54.2. The maximum Gasteiger partial charge on any atom is 0.241 e. The zero-order valence-electron chi connectivity index (χ0n) is 11.5. The van der Waals surface area contributed by atoms with Gasteiger partial charge in [-0.3, -0.25) is 0 Å². The van der Waals surface area contributed by atoms with Gasteiger partial charge < -0.3 is 4.74 Å². The number of nitrogens with two attached hydrogens (primary N) is 1. The Hall–Kier alpha value is -1.00. The largest absolute Gasteiger partial charge is 0.383 e. The summed E-state index contributed by atoms with van der Waals surface area (Å²) in [5, 5.41) is 4.98. The summed E-state index contributed by atoms with van der Waals surface area (Å²) in [5.74, 6) is 0. The zero-order chi connectivity index (χ0) is 15.6. The average molecular weight is 322 g/mol. The normalized spacial score (nSPS) is 13.4. The second kappa shape index (κ2) is 5.78. The van der Waals surface area contributed by atoms with Gasteiger partial charge in [0.05, 0.1) is 21.9 Å². The predicted octanol–water partition coefficient (Wildman–Crippen LogP) is 0.0373. The van der Waals surface area contributed by atoms with E-state index in [-0.39, 0.29) is 16.4 Å². The van der Waals surface area contributed by atoms with Crippen LogP contribution in [0.15, 0.2) is 34.1 Å². The van der Waals surface area contributed by atoms with Gasteiger partial charge in [0.2, 0.25) is 20.0 Å². The molecular weight excluding hydrogens is 304 g/mol. The lowest BCUT2D eigenvalue weighted by atomic mass is 10.1. The molecule has 0 unspecified atom stereocenters. The van der Waals surface area contributed by atoms with E-state index in [4.69, 9.17) is 9.88 Å². The molecule has 0 aliphatic heterocycles. The highest BCUT2D eigenvalue weighted by Crippen LogP contribution is 2.17. The summed E-state index contributed by atoms with van der Waals surface area (Å²) in [5.41, 5.74) is -0.828. The van der Waals surface area contributed by atoms with E-state index in [1.54, 1.807) is 13.8 Å². The third-order valence-electron chi connectivity index (χ3n) is 2.36. The molecule has 7 nitrogen and oxygen atoms in total. The Morgan fingerprint density at radius 3 is 2.25 bits per heavy atom. The first-order chi connectivity index (χ1) is 8.98. The van der Waals surface area contributed by atoms with Crippen molar-refractivity contribution < 1.29 is 21.6 Å². The van der Waals surface area contributed by atoms with E-state index < -0.39 is 25.6 Å². The molecule has 0 aliphatic carbocycles. The van der Waals surface area contributed by atoms with E-state index in [0.717, 1.165) is 6.07 Å². The van der Waals surface area contributed by atoms with Crippen molar-refractivity contribution in [2.45, 2.75) is 29.2 Å². The molecular formula is C11H18N2O5S2. The lowest BCUT2D eigenvalue weighted by Gasteiger charge is -2.24. The molecule has 1 aromatic rings. The summed E-state index contributed by atoms with van der Waals surface area (Å²) in [4.78, 5) is -0.432. The van der Waals surface area contributed by atoms with E-state index in [0.29, 0.717) is 0 Å². The second-order valence-electron chi connectivity index (χ2n) is 4.94. The van der Waals surface area contributed by atoms with Gasteiger partial charge in [-0.1, -0.05) is 6.07 Å². The minimum atomic E-state index is -3.96. The van der Waals surface area contributed by atoms with E-state index in [9.17, 15) is 16.8 Å². The van der Waals surface area contributed by atoms with Crippen molar-refractivity contribution in [2.75, 3.05) is 13.7 Å². The van der Waals surface area contributed by atoms with E-state index >= 15 is 0 Å². The lowest BCUT2D eigenvalue weighted by molar-refractivity contribution is 0.141. The Morgan fingerprint density at radius 1 is 1.20 bits per heavy atom. The van der Waals surface area contributed by atoms with Crippen LogP contribution in [0, 0.1) is 0 Å². The third-order valence-corrected chi connectivity index (χ3v) is 4.97. The Labute approximate surface area is 119 Å². The molecule has 0 radical (unpaired) electrons. The molecule has 0 saturated carbocycles. The van der Waals surface area contributed by atoms with Gasteiger partial charge in [-0.25, -0.2) is 26.7 Å². The molecule has 0 atom stereocenters. The third kappa shape index (κ3) is 4.53. The molecule has 1 rings (SSSR count). The molecule has 0 fully saturated rings. The summed E-state index contributed by atoms with van der Waals surface area (Å²) in [6, 6.07) is 4.85. The fourth-order valence-electron chi connectivity index (χ4n) is 1.63. The highest BCUT2D eigenvalue weighted by molar-refractivity contribution is 7.90. The van der Waals surface area contributed by atoms with Crippen LogP contribution in [0.3, 0.4) is 0 Å². The number of rotatable bonds is 6. The Bertz CT molecular complexity index is 681. The van der Waals surface area contributed by atoms with Crippen LogP contribution in [0.1, 0.15) is 13.8 Å². The van der Waals surface area contributed by atoms with Crippen LogP contribution in [0.2, 0.25) is 0 Å². The molecule has 0 bridgehead atoms. The quantitative estimate of drug-likeness (QED) is 0.767. The van der Waals surface area contributed by atoms with Crippen LogP contribution in [-0.2, 0) is 24.8 Å². The van der Waals surface area contributed by atoms with Crippen LogP contribution in [0.5, 0.6) is 0 Å². The van der Waals surface area contributed by atoms with Crippen LogP contribution in [0.25, 0.3) is 0 Å². The number of sulfonamides is 2. The fourth-order valence-corrected chi connectivity index (χ4v) is 3.71. The first kappa shape index (κ1) is 17.1. The summed E-state index contributed by atoms with van der Waals surface area (Å²) in [6.45, 7) is 3.47. The molecule has 0 amide bonds. The zero-order valence-corrected chi connectivity index (χ0v) is 13.1. The SMILES string of the molecule is COCC(C)(C)NS(=O)(=O)c1cccc(S(N)(=O)=O)c1. The number of hydrogen-bond acceptors (Lipinski definition) is 5. The van der Waals surface area contributed by atoms with Gasteiger partial charge in [0.25, 0.3) is 0 Å². The maximum atomic E-state index is 12.2. The number of ether oxygens (including phenoxy) is 1. The molecule has 3 N–H and O–H groups in total. The average Bonchev–Trinajstić information content (AvgIpc) is 2.26. The van der Waals surface area contributed by atoms with E-state index in [1.165, 1.54) is 25.3 Å². The number of nitrogens with one attached hydrogen (secondary N) is 1. The molecule has 0 spiro atoms. The van der Waals surface area contributed by atoms with Crippen LogP contribution in [0.4, 0.5) is 0 Å². The first-order valence-electron chi connectivity index (χ1n) is 5.64. The summed E-state index contributed by atoms with van der Waals surface area (Å²) >= 11 is 0. The van der Waals surface area contributed by atoms with E-state index in [1.807, 2.05) is 0 Å². The second-order valence-corrected chi connectivity index (χ2v) is 8.19. The number of hydrogen-bond donors (Lipinski definition) is 2. The molecule has 114 valence electrons. The van der Waals surface area contributed by atoms with Crippen molar-refractivity contribution in [3.05, 3.63) is 24.3 Å². The van der Waals surface area contributed by atoms with Crippen molar-refractivity contribution >= 4 is 20.0 Å². The van der Waals surface area contributed by atoms with Crippen LogP contribution in [-0.4, -0.2) is 36.1 Å². The Balaban J connectivity index is 3.17. The van der Waals surface area contributed by atoms with Crippen LogP contribution >= 0.6 is 0 Å². The molecule has 0 saturated heterocycles. The number of methoxy groups -OCH3 is 1.